The van der Waals surface area contributed by atoms with E-state index in [1.807, 2.05) is 0 Å². The molecule has 1 rings (SSSR count). The van der Waals surface area contributed by atoms with Gasteiger partial charge in [0.2, 0.25) is 0 Å². The van der Waals surface area contributed by atoms with Crippen molar-refractivity contribution in [1.82, 2.24) is 0 Å². The number of rotatable bonds is 14. The molecule has 18 heavy (non-hydrogen) atoms. The largest absolute Gasteiger partial charge is 0.381 e. The highest BCUT2D eigenvalue weighted by molar-refractivity contribution is 4.66. The van der Waals surface area contributed by atoms with Gasteiger partial charge in [-0.1, -0.05) is 39.0 Å². The normalized spacial score (nSPS) is 18.2. The number of unbranched alkanes of at least 4 members (excludes halogenated alkanes) is 6. The molecule has 1 unspecified atom stereocenters. The van der Waals surface area contributed by atoms with Crippen LogP contribution in [0.5, 0.6) is 0 Å². The smallest absolute Gasteiger partial charge is 0.104 e. The van der Waals surface area contributed by atoms with Crippen molar-refractivity contribution < 1.29 is 14.2 Å². The standard InChI is InChI=1S/C15H30O3/c1-2-3-4-5-6-7-10-16-11-8-9-12-17-13-15-14-18-15/h15H,2-14H2,1H3. The molecule has 0 N–H and O–H groups in total. The maximum Gasteiger partial charge on any atom is 0.104 e. The van der Waals surface area contributed by atoms with E-state index < -0.39 is 0 Å². The summed E-state index contributed by atoms with van der Waals surface area (Å²) in [4.78, 5) is 0. The molecule has 3 nitrogen and oxygen atoms in total. The average molecular weight is 258 g/mol. The van der Waals surface area contributed by atoms with Crippen LogP contribution < -0.4 is 0 Å². The fourth-order valence-corrected chi connectivity index (χ4v) is 1.87. The van der Waals surface area contributed by atoms with Crippen LogP contribution in [0.4, 0.5) is 0 Å². The predicted octanol–water partition coefficient (Wildman–Crippen LogP) is 3.56. The van der Waals surface area contributed by atoms with Crippen LogP contribution in [0.2, 0.25) is 0 Å². The Bertz CT molecular complexity index is 169. The van der Waals surface area contributed by atoms with E-state index in [2.05, 4.69) is 6.92 Å². The molecule has 1 aliphatic rings. The van der Waals surface area contributed by atoms with Crippen molar-refractivity contribution in [2.75, 3.05) is 33.0 Å². The van der Waals surface area contributed by atoms with Gasteiger partial charge in [-0.3, -0.25) is 0 Å². The molecule has 0 spiro atoms. The summed E-state index contributed by atoms with van der Waals surface area (Å²) in [5.41, 5.74) is 0. The van der Waals surface area contributed by atoms with Crippen LogP contribution in [0.1, 0.15) is 58.3 Å². The van der Waals surface area contributed by atoms with Crippen LogP contribution >= 0.6 is 0 Å². The second-order valence-electron chi connectivity index (χ2n) is 5.12. The Morgan fingerprint density at radius 3 is 2.06 bits per heavy atom. The van der Waals surface area contributed by atoms with E-state index in [9.17, 15) is 0 Å². The third-order valence-electron chi connectivity index (χ3n) is 3.18. The summed E-state index contributed by atoms with van der Waals surface area (Å²) >= 11 is 0. The third-order valence-corrected chi connectivity index (χ3v) is 3.18. The second kappa shape index (κ2) is 11.9. The highest BCUT2D eigenvalue weighted by Crippen LogP contribution is 2.08. The van der Waals surface area contributed by atoms with Gasteiger partial charge < -0.3 is 14.2 Å². The van der Waals surface area contributed by atoms with E-state index in [0.717, 1.165) is 45.9 Å². The molecule has 0 saturated carbocycles. The van der Waals surface area contributed by atoms with Gasteiger partial charge in [0.25, 0.3) is 0 Å². The molecule has 108 valence electrons. The van der Waals surface area contributed by atoms with Crippen molar-refractivity contribution in [3.63, 3.8) is 0 Å². The Morgan fingerprint density at radius 2 is 1.39 bits per heavy atom. The topological polar surface area (TPSA) is 31.0 Å². The summed E-state index contributed by atoms with van der Waals surface area (Å²) in [6.07, 6.45) is 10.6. The van der Waals surface area contributed by atoms with Gasteiger partial charge in [0.05, 0.1) is 13.2 Å². The first-order valence-electron chi connectivity index (χ1n) is 7.70. The lowest BCUT2D eigenvalue weighted by Crippen LogP contribution is -2.04. The van der Waals surface area contributed by atoms with Crippen molar-refractivity contribution in [3.05, 3.63) is 0 Å². The number of ether oxygens (including phenoxy) is 3. The van der Waals surface area contributed by atoms with Crippen molar-refractivity contribution in [2.45, 2.75) is 64.4 Å². The number of hydrogen-bond acceptors (Lipinski definition) is 3. The maximum absolute atomic E-state index is 5.60. The predicted molar refractivity (Wildman–Crippen MR) is 74.0 cm³/mol. The first-order valence-corrected chi connectivity index (χ1v) is 7.70. The van der Waals surface area contributed by atoms with Crippen LogP contribution in [0.25, 0.3) is 0 Å². The molecule has 0 aliphatic carbocycles. The van der Waals surface area contributed by atoms with Crippen molar-refractivity contribution in [2.24, 2.45) is 0 Å². The SMILES string of the molecule is CCCCCCCCOCCCCOCC1CO1. The summed E-state index contributed by atoms with van der Waals surface area (Å²) in [5.74, 6) is 0. The monoisotopic (exact) mass is 258 g/mol. The van der Waals surface area contributed by atoms with Crippen LogP contribution in [0, 0.1) is 0 Å². The van der Waals surface area contributed by atoms with Gasteiger partial charge in [0.15, 0.2) is 0 Å². The van der Waals surface area contributed by atoms with Gasteiger partial charge in [-0.15, -0.1) is 0 Å². The molecule has 3 heteroatoms. The molecule has 0 aromatic rings. The Labute approximate surface area is 112 Å². The van der Waals surface area contributed by atoms with Gasteiger partial charge in [0.1, 0.15) is 6.10 Å². The molecule has 1 heterocycles. The molecule has 1 saturated heterocycles. The van der Waals surface area contributed by atoms with Crippen LogP contribution in [-0.4, -0.2) is 39.1 Å². The fraction of sp³-hybridized carbons (Fsp3) is 1.00. The molecule has 0 aromatic heterocycles. The third kappa shape index (κ3) is 11.0. The molecular formula is C15H30O3. The highest BCUT2D eigenvalue weighted by atomic mass is 16.6. The highest BCUT2D eigenvalue weighted by Gasteiger charge is 2.21. The van der Waals surface area contributed by atoms with E-state index in [1.165, 1.54) is 38.5 Å². The molecule has 0 radical (unpaired) electrons. The van der Waals surface area contributed by atoms with E-state index in [4.69, 9.17) is 14.2 Å². The van der Waals surface area contributed by atoms with Crippen LogP contribution in [0.15, 0.2) is 0 Å². The summed E-state index contributed by atoms with van der Waals surface area (Å²) in [6.45, 7) is 6.59. The Hall–Kier alpha value is -0.120. The minimum absolute atomic E-state index is 0.397. The molecular weight excluding hydrogens is 228 g/mol. The quantitative estimate of drug-likeness (QED) is 0.352. The summed E-state index contributed by atoms with van der Waals surface area (Å²) in [7, 11) is 0. The lowest BCUT2D eigenvalue weighted by atomic mass is 10.1. The van der Waals surface area contributed by atoms with E-state index in [1.54, 1.807) is 0 Å². The molecule has 1 fully saturated rings. The van der Waals surface area contributed by atoms with Gasteiger partial charge in [-0.25, -0.2) is 0 Å². The molecule has 1 atom stereocenters. The Balaban J connectivity index is 1.60. The van der Waals surface area contributed by atoms with Crippen LogP contribution in [0.3, 0.4) is 0 Å². The molecule has 0 bridgehead atoms. The molecule has 0 amide bonds. The van der Waals surface area contributed by atoms with E-state index in [0.29, 0.717) is 6.10 Å². The number of hydrogen-bond donors (Lipinski definition) is 0. The lowest BCUT2D eigenvalue weighted by Gasteiger charge is -2.05. The van der Waals surface area contributed by atoms with Crippen molar-refractivity contribution in [1.29, 1.82) is 0 Å². The van der Waals surface area contributed by atoms with Gasteiger partial charge in [-0.2, -0.15) is 0 Å². The zero-order chi connectivity index (χ0) is 12.9. The molecule has 1 aliphatic heterocycles. The van der Waals surface area contributed by atoms with Gasteiger partial charge >= 0.3 is 0 Å². The van der Waals surface area contributed by atoms with Gasteiger partial charge in [0, 0.05) is 19.8 Å². The zero-order valence-electron chi connectivity index (χ0n) is 12.0. The van der Waals surface area contributed by atoms with E-state index in [-0.39, 0.29) is 0 Å². The lowest BCUT2D eigenvalue weighted by molar-refractivity contribution is 0.0931. The summed E-state index contributed by atoms with van der Waals surface area (Å²) in [6, 6.07) is 0. The van der Waals surface area contributed by atoms with Crippen molar-refractivity contribution >= 4 is 0 Å². The first kappa shape index (κ1) is 15.9. The zero-order valence-corrected chi connectivity index (χ0v) is 12.0. The Morgan fingerprint density at radius 1 is 0.833 bits per heavy atom. The average Bonchev–Trinajstić information content (AvgIpc) is 3.19. The Kier molecular flexibility index (Phi) is 10.6. The van der Waals surface area contributed by atoms with Crippen LogP contribution in [-0.2, 0) is 14.2 Å². The second-order valence-corrected chi connectivity index (χ2v) is 5.12. The first-order chi connectivity index (χ1) is 8.93. The van der Waals surface area contributed by atoms with Crippen molar-refractivity contribution in [3.8, 4) is 0 Å². The summed E-state index contributed by atoms with van der Waals surface area (Å²) < 4.78 is 16.1. The van der Waals surface area contributed by atoms with E-state index >= 15 is 0 Å². The minimum Gasteiger partial charge on any atom is -0.381 e. The summed E-state index contributed by atoms with van der Waals surface area (Å²) in [5, 5.41) is 0. The van der Waals surface area contributed by atoms with Gasteiger partial charge in [-0.05, 0) is 19.3 Å². The maximum atomic E-state index is 5.60. The fourth-order valence-electron chi connectivity index (χ4n) is 1.87. The number of epoxide rings is 1. The minimum atomic E-state index is 0.397. The molecule has 0 aromatic carbocycles.